The summed E-state index contributed by atoms with van der Waals surface area (Å²) in [4.78, 5) is 0. The molecule has 0 fully saturated rings. The summed E-state index contributed by atoms with van der Waals surface area (Å²) in [7, 11) is 0. The highest BCUT2D eigenvalue weighted by atomic mass is 15.0. The van der Waals surface area contributed by atoms with Crippen LogP contribution in [0.3, 0.4) is 0 Å². The molecule has 2 N–H and O–H groups in total. The number of anilines is 1. The van der Waals surface area contributed by atoms with Gasteiger partial charge in [-0.2, -0.15) is 0 Å². The van der Waals surface area contributed by atoms with E-state index >= 15 is 0 Å². The molecule has 2 nitrogen and oxygen atoms in total. The van der Waals surface area contributed by atoms with Gasteiger partial charge in [-0.25, -0.2) is 0 Å². The van der Waals surface area contributed by atoms with Gasteiger partial charge in [0.1, 0.15) is 0 Å². The van der Waals surface area contributed by atoms with Gasteiger partial charge in [-0.05, 0) is 24.8 Å². The van der Waals surface area contributed by atoms with Crippen molar-refractivity contribution in [2.24, 2.45) is 0 Å². The molecule has 13 heavy (non-hydrogen) atoms. The van der Waals surface area contributed by atoms with Crippen LogP contribution < -0.4 is 10.6 Å². The Morgan fingerprint density at radius 3 is 2.77 bits per heavy atom. The molecule has 1 unspecified atom stereocenters. The first-order valence-corrected chi connectivity index (χ1v) is 4.65. The Balaban J connectivity index is 1.94. The first-order valence-electron chi connectivity index (χ1n) is 4.65. The molecular formula is C11H14N2. The van der Waals surface area contributed by atoms with E-state index in [1.807, 2.05) is 12.3 Å². The Bertz CT molecular complexity index is 279. The van der Waals surface area contributed by atoms with Crippen molar-refractivity contribution in [1.82, 2.24) is 5.32 Å². The molecule has 2 heteroatoms. The van der Waals surface area contributed by atoms with Crippen LogP contribution in [0.5, 0.6) is 0 Å². The summed E-state index contributed by atoms with van der Waals surface area (Å²) in [6.07, 6.45) is 5.27. The minimum absolute atomic E-state index is 0.521. The third-order valence-electron chi connectivity index (χ3n) is 2.17. The smallest absolute Gasteiger partial charge is 0.0468 e. The summed E-state index contributed by atoms with van der Waals surface area (Å²) in [5, 5.41) is 6.68. The van der Waals surface area contributed by atoms with Crippen molar-refractivity contribution < 1.29 is 0 Å². The average Bonchev–Trinajstić information content (AvgIpc) is 2.21. The van der Waals surface area contributed by atoms with Crippen LogP contribution >= 0.6 is 0 Å². The topological polar surface area (TPSA) is 24.1 Å². The molecule has 0 radical (unpaired) electrons. The van der Waals surface area contributed by atoms with Crippen molar-refractivity contribution >= 4 is 5.69 Å². The minimum Gasteiger partial charge on any atom is -0.389 e. The van der Waals surface area contributed by atoms with Gasteiger partial charge in [-0.15, -0.1) is 0 Å². The number of rotatable bonds is 2. The summed E-state index contributed by atoms with van der Waals surface area (Å²) < 4.78 is 0. The highest BCUT2D eigenvalue weighted by molar-refractivity contribution is 5.43. The van der Waals surface area contributed by atoms with E-state index in [0.717, 1.165) is 13.0 Å². The zero-order valence-electron chi connectivity index (χ0n) is 7.53. The molecule has 1 aromatic rings. The predicted octanol–water partition coefficient (Wildman–Crippen LogP) is 1.97. The molecule has 0 amide bonds. The van der Waals surface area contributed by atoms with Crippen LogP contribution in [0.1, 0.15) is 6.42 Å². The van der Waals surface area contributed by atoms with Crippen molar-refractivity contribution in [3.05, 3.63) is 42.6 Å². The van der Waals surface area contributed by atoms with Gasteiger partial charge in [-0.1, -0.05) is 24.3 Å². The standard InChI is InChI=1S/C11H14N2/c1-2-5-10(6-3-1)13-11-7-4-8-12-9-11/h1-6,8,11-13H,7,9H2. The lowest BCUT2D eigenvalue weighted by Crippen LogP contribution is -2.32. The lowest BCUT2D eigenvalue weighted by atomic mass is 10.1. The van der Waals surface area contributed by atoms with Crippen LogP contribution in [0, 0.1) is 0 Å². The Hall–Kier alpha value is -1.44. The van der Waals surface area contributed by atoms with Crippen molar-refractivity contribution in [2.75, 3.05) is 11.9 Å². The Morgan fingerprint density at radius 2 is 2.08 bits per heavy atom. The molecule has 0 bridgehead atoms. The molecule has 2 rings (SSSR count). The Morgan fingerprint density at radius 1 is 1.23 bits per heavy atom. The van der Waals surface area contributed by atoms with Crippen LogP contribution in [0.15, 0.2) is 42.6 Å². The second-order valence-corrected chi connectivity index (χ2v) is 3.25. The second kappa shape index (κ2) is 3.99. The van der Waals surface area contributed by atoms with Gasteiger partial charge in [0.05, 0.1) is 0 Å². The number of hydrogen-bond donors (Lipinski definition) is 2. The number of nitrogens with one attached hydrogen (secondary N) is 2. The van der Waals surface area contributed by atoms with E-state index in [0.29, 0.717) is 6.04 Å². The highest BCUT2D eigenvalue weighted by Crippen LogP contribution is 2.10. The Kier molecular flexibility index (Phi) is 2.51. The fourth-order valence-electron chi connectivity index (χ4n) is 1.49. The largest absolute Gasteiger partial charge is 0.389 e. The van der Waals surface area contributed by atoms with Crippen molar-refractivity contribution in [3.63, 3.8) is 0 Å². The number of hydrogen-bond acceptors (Lipinski definition) is 2. The molecule has 1 atom stereocenters. The van der Waals surface area contributed by atoms with E-state index in [1.165, 1.54) is 5.69 Å². The first-order chi connectivity index (χ1) is 6.45. The number of para-hydroxylation sites is 1. The van der Waals surface area contributed by atoms with Gasteiger partial charge in [0.15, 0.2) is 0 Å². The molecule has 1 aliphatic rings. The van der Waals surface area contributed by atoms with Crippen LogP contribution in [0.4, 0.5) is 5.69 Å². The van der Waals surface area contributed by atoms with E-state index in [4.69, 9.17) is 0 Å². The molecule has 0 saturated carbocycles. The van der Waals surface area contributed by atoms with E-state index < -0.39 is 0 Å². The summed E-state index contributed by atoms with van der Waals surface area (Å²) in [5.74, 6) is 0. The van der Waals surface area contributed by atoms with Gasteiger partial charge in [0, 0.05) is 18.3 Å². The Labute approximate surface area is 78.7 Å². The van der Waals surface area contributed by atoms with Crippen molar-refractivity contribution in [3.8, 4) is 0 Å². The normalized spacial score (nSPS) is 20.8. The van der Waals surface area contributed by atoms with E-state index in [-0.39, 0.29) is 0 Å². The molecule has 68 valence electrons. The molecule has 0 aliphatic carbocycles. The fraction of sp³-hybridized carbons (Fsp3) is 0.273. The van der Waals surface area contributed by atoms with E-state index in [2.05, 4.69) is 41.0 Å². The van der Waals surface area contributed by atoms with Crippen LogP contribution in [-0.2, 0) is 0 Å². The minimum atomic E-state index is 0.521. The number of benzene rings is 1. The van der Waals surface area contributed by atoms with Gasteiger partial charge in [0.2, 0.25) is 0 Å². The van der Waals surface area contributed by atoms with Crippen LogP contribution in [0.25, 0.3) is 0 Å². The van der Waals surface area contributed by atoms with Crippen LogP contribution in [0.2, 0.25) is 0 Å². The lowest BCUT2D eigenvalue weighted by Gasteiger charge is -2.21. The molecule has 1 aromatic carbocycles. The van der Waals surface area contributed by atoms with Gasteiger partial charge < -0.3 is 10.6 Å². The average molecular weight is 174 g/mol. The monoisotopic (exact) mass is 174 g/mol. The summed E-state index contributed by atoms with van der Waals surface area (Å²) in [6, 6.07) is 10.8. The third-order valence-corrected chi connectivity index (χ3v) is 2.17. The summed E-state index contributed by atoms with van der Waals surface area (Å²) in [5.41, 5.74) is 1.20. The maximum Gasteiger partial charge on any atom is 0.0468 e. The van der Waals surface area contributed by atoms with Crippen LogP contribution in [-0.4, -0.2) is 12.6 Å². The summed E-state index contributed by atoms with van der Waals surface area (Å²) >= 11 is 0. The van der Waals surface area contributed by atoms with Gasteiger partial charge >= 0.3 is 0 Å². The zero-order valence-corrected chi connectivity index (χ0v) is 7.53. The summed E-state index contributed by atoms with van der Waals surface area (Å²) in [6.45, 7) is 1.01. The lowest BCUT2D eigenvalue weighted by molar-refractivity contribution is 0.651. The zero-order chi connectivity index (χ0) is 8.93. The second-order valence-electron chi connectivity index (χ2n) is 3.25. The molecular weight excluding hydrogens is 160 g/mol. The van der Waals surface area contributed by atoms with Crippen molar-refractivity contribution in [1.29, 1.82) is 0 Å². The molecule has 0 spiro atoms. The quantitative estimate of drug-likeness (QED) is 0.716. The molecule has 1 aliphatic heterocycles. The van der Waals surface area contributed by atoms with E-state index in [9.17, 15) is 0 Å². The van der Waals surface area contributed by atoms with Gasteiger partial charge in [-0.3, -0.25) is 0 Å². The van der Waals surface area contributed by atoms with E-state index in [1.54, 1.807) is 0 Å². The maximum absolute atomic E-state index is 3.47. The first kappa shape index (κ1) is 8.17. The molecule has 1 heterocycles. The SMILES string of the molecule is C1=CNCC(Nc2ccccc2)C1. The third kappa shape index (κ3) is 2.25. The maximum atomic E-state index is 3.47. The predicted molar refractivity (Wildman–Crippen MR) is 55.6 cm³/mol. The molecule has 0 aromatic heterocycles. The molecule has 0 saturated heterocycles. The van der Waals surface area contributed by atoms with Gasteiger partial charge in [0.25, 0.3) is 0 Å². The van der Waals surface area contributed by atoms with Crippen molar-refractivity contribution in [2.45, 2.75) is 12.5 Å². The fourth-order valence-corrected chi connectivity index (χ4v) is 1.49. The highest BCUT2D eigenvalue weighted by Gasteiger charge is 2.07.